The molecule has 2 heterocycles. The van der Waals surface area contributed by atoms with Crippen LogP contribution in [0.15, 0.2) is 30.3 Å². The molecular weight excluding hydrogens is 286 g/mol. The number of rotatable bonds is 4. The molecule has 0 aromatic heterocycles. The lowest BCUT2D eigenvalue weighted by molar-refractivity contribution is -0.138. The fourth-order valence-electron chi connectivity index (χ4n) is 4.10. The zero-order valence-electron chi connectivity index (χ0n) is 14.2. The SMILES string of the molecule is CC1CC(CN)CN1C(=O)C1CCCN(Cc2ccccc2)C1. The van der Waals surface area contributed by atoms with E-state index in [1.54, 1.807) is 0 Å². The number of nitrogens with two attached hydrogens (primary N) is 1. The quantitative estimate of drug-likeness (QED) is 0.925. The Hall–Kier alpha value is -1.39. The average Bonchev–Trinajstić information content (AvgIpc) is 2.96. The number of hydrogen-bond donors (Lipinski definition) is 1. The first-order valence-electron chi connectivity index (χ1n) is 8.94. The Morgan fingerprint density at radius 2 is 2.04 bits per heavy atom. The van der Waals surface area contributed by atoms with E-state index in [0.717, 1.165) is 45.4 Å². The third-order valence-corrected chi connectivity index (χ3v) is 5.38. The summed E-state index contributed by atoms with van der Waals surface area (Å²) in [6.07, 6.45) is 3.20. The summed E-state index contributed by atoms with van der Waals surface area (Å²) in [5.74, 6) is 0.996. The minimum Gasteiger partial charge on any atom is -0.339 e. The Kier molecular flexibility index (Phi) is 5.34. The Morgan fingerprint density at radius 3 is 2.74 bits per heavy atom. The minimum absolute atomic E-state index is 0.159. The molecular formula is C19H29N3O. The van der Waals surface area contributed by atoms with Gasteiger partial charge in [0.1, 0.15) is 0 Å². The lowest BCUT2D eigenvalue weighted by atomic mass is 9.95. The van der Waals surface area contributed by atoms with Crippen LogP contribution in [0.3, 0.4) is 0 Å². The summed E-state index contributed by atoms with van der Waals surface area (Å²) in [5.41, 5.74) is 7.13. The second-order valence-electron chi connectivity index (χ2n) is 7.24. The highest BCUT2D eigenvalue weighted by atomic mass is 16.2. The van der Waals surface area contributed by atoms with Gasteiger partial charge in [0.2, 0.25) is 5.91 Å². The summed E-state index contributed by atoms with van der Waals surface area (Å²) in [7, 11) is 0. The number of nitrogens with zero attached hydrogens (tertiary/aromatic N) is 2. The molecule has 1 aromatic rings. The first kappa shape index (κ1) is 16.5. The van der Waals surface area contributed by atoms with Gasteiger partial charge in [-0.1, -0.05) is 30.3 Å². The molecule has 2 N–H and O–H groups in total. The average molecular weight is 315 g/mol. The predicted octanol–water partition coefficient (Wildman–Crippen LogP) is 2.09. The van der Waals surface area contributed by atoms with Gasteiger partial charge < -0.3 is 10.6 Å². The van der Waals surface area contributed by atoms with Crippen LogP contribution < -0.4 is 5.73 Å². The van der Waals surface area contributed by atoms with Crippen LogP contribution in [0.4, 0.5) is 0 Å². The zero-order valence-corrected chi connectivity index (χ0v) is 14.2. The Labute approximate surface area is 139 Å². The van der Waals surface area contributed by atoms with Crippen molar-refractivity contribution in [3.05, 3.63) is 35.9 Å². The second-order valence-corrected chi connectivity index (χ2v) is 7.24. The van der Waals surface area contributed by atoms with Crippen LogP contribution in [-0.2, 0) is 11.3 Å². The van der Waals surface area contributed by atoms with Gasteiger partial charge >= 0.3 is 0 Å². The van der Waals surface area contributed by atoms with Gasteiger partial charge in [-0.25, -0.2) is 0 Å². The molecule has 2 fully saturated rings. The Bertz CT molecular complexity index is 519. The van der Waals surface area contributed by atoms with Crippen LogP contribution in [-0.4, -0.2) is 47.9 Å². The normalized spacial score (nSPS) is 29.0. The fraction of sp³-hybridized carbons (Fsp3) is 0.632. The number of carbonyl (C=O) groups excluding carboxylic acids is 1. The second kappa shape index (κ2) is 7.45. The van der Waals surface area contributed by atoms with Crippen molar-refractivity contribution < 1.29 is 4.79 Å². The molecule has 0 bridgehead atoms. The first-order chi connectivity index (χ1) is 11.2. The van der Waals surface area contributed by atoms with Crippen molar-refractivity contribution in [2.75, 3.05) is 26.2 Å². The van der Waals surface area contributed by atoms with Crippen molar-refractivity contribution in [3.8, 4) is 0 Å². The van der Waals surface area contributed by atoms with E-state index in [1.165, 1.54) is 5.56 Å². The van der Waals surface area contributed by atoms with Crippen LogP contribution in [0, 0.1) is 11.8 Å². The number of hydrogen-bond acceptors (Lipinski definition) is 3. The van der Waals surface area contributed by atoms with Gasteiger partial charge in [-0.05, 0) is 50.8 Å². The molecule has 3 unspecified atom stereocenters. The van der Waals surface area contributed by atoms with Crippen LogP contribution in [0.2, 0.25) is 0 Å². The molecule has 4 heteroatoms. The number of carbonyl (C=O) groups is 1. The van der Waals surface area contributed by atoms with Gasteiger partial charge in [0, 0.05) is 25.7 Å². The molecule has 3 rings (SSSR count). The van der Waals surface area contributed by atoms with Gasteiger partial charge in [0.05, 0.1) is 5.92 Å². The lowest BCUT2D eigenvalue weighted by Gasteiger charge is -2.35. The number of likely N-dealkylation sites (tertiary alicyclic amines) is 2. The molecule has 4 nitrogen and oxygen atoms in total. The highest BCUT2D eigenvalue weighted by molar-refractivity contribution is 5.79. The molecule has 1 aromatic carbocycles. The Morgan fingerprint density at radius 1 is 1.26 bits per heavy atom. The molecule has 0 radical (unpaired) electrons. The van der Waals surface area contributed by atoms with Crippen LogP contribution in [0.25, 0.3) is 0 Å². The maximum Gasteiger partial charge on any atom is 0.227 e. The van der Waals surface area contributed by atoms with Crippen LogP contribution >= 0.6 is 0 Å². The van der Waals surface area contributed by atoms with Crippen molar-refractivity contribution >= 4 is 5.91 Å². The van der Waals surface area contributed by atoms with Gasteiger partial charge in [-0.2, -0.15) is 0 Å². The highest BCUT2D eigenvalue weighted by Crippen LogP contribution is 2.27. The van der Waals surface area contributed by atoms with Gasteiger partial charge in [-0.15, -0.1) is 0 Å². The molecule has 2 saturated heterocycles. The van der Waals surface area contributed by atoms with E-state index in [2.05, 4.69) is 47.1 Å². The van der Waals surface area contributed by atoms with E-state index in [1.807, 2.05) is 0 Å². The Balaban J connectivity index is 1.59. The summed E-state index contributed by atoms with van der Waals surface area (Å²) >= 11 is 0. The molecule has 0 spiro atoms. The zero-order chi connectivity index (χ0) is 16.2. The molecule has 2 aliphatic heterocycles. The van der Waals surface area contributed by atoms with Crippen molar-refractivity contribution in [1.82, 2.24) is 9.80 Å². The number of benzene rings is 1. The summed E-state index contributed by atoms with van der Waals surface area (Å²) in [4.78, 5) is 17.5. The van der Waals surface area contributed by atoms with E-state index in [-0.39, 0.29) is 5.92 Å². The molecule has 0 saturated carbocycles. The predicted molar refractivity (Wildman–Crippen MR) is 92.8 cm³/mol. The smallest absolute Gasteiger partial charge is 0.227 e. The van der Waals surface area contributed by atoms with Gasteiger partial charge in [0.15, 0.2) is 0 Å². The maximum absolute atomic E-state index is 12.9. The van der Waals surface area contributed by atoms with E-state index >= 15 is 0 Å². The molecule has 126 valence electrons. The van der Waals surface area contributed by atoms with Crippen LogP contribution in [0.5, 0.6) is 0 Å². The molecule has 2 aliphatic rings. The van der Waals surface area contributed by atoms with E-state index in [0.29, 0.717) is 24.4 Å². The third-order valence-electron chi connectivity index (χ3n) is 5.38. The minimum atomic E-state index is 0.159. The molecule has 23 heavy (non-hydrogen) atoms. The van der Waals surface area contributed by atoms with Crippen molar-refractivity contribution in [1.29, 1.82) is 0 Å². The van der Waals surface area contributed by atoms with E-state index in [4.69, 9.17) is 5.73 Å². The first-order valence-corrected chi connectivity index (χ1v) is 8.94. The van der Waals surface area contributed by atoms with Crippen molar-refractivity contribution in [2.24, 2.45) is 17.6 Å². The largest absolute Gasteiger partial charge is 0.339 e. The van der Waals surface area contributed by atoms with Gasteiger partial charge in [-0.3, -0.25) is 9.69 Å². The van der Waals surface area contributed by atoms with Crippen molar-refractivity contribution in [3.63, 3.8) is 0 Å². The molecule has 0 aliphatic carbocycles. The summed E-state index contributed by atoms with van der Waals surface area (Å²) < 4.78 is 0. The van der Waals surface area contributed by atoms with E-state index < -0.39 is 0 Å². The van der Waals surface area contributed by atoms with Crippen LogP contribution in [0.1, 0.15) is 31.7 Å². The summed E-state index contributed by atoms with van der Waals surface area (Å²) in [6, 6.07) is 10.9. The molecule has 1 amide bonds. The summed E-state index contributed by atoms with van der Waals surface area (Å²) in [5, 5.41) is 0. The monoisotopic (exact) mass is 315 g/mol. The fourth-order valence-corrected chi connectivity index (χ4v) is 4.10. The summed E-state index contributed by atoms with van der Waals surface area (Å²) in [6.45, 7) is 6.65. The van der Waals surface area contributed by atoms with Gasteiger partial charge in [0.25, 0.3) is 0 Å². The number of amides is 1. The van der Waals surface area contributed by atoms with E-state index in [9.17, 15) is 4.79 Å². The maximum atomic E-state index is 12.9. The number of piperidine rings is 1. The topological polar surface area (TPSA) is 49.6 Å². The molecule has 3 atom stereocenters. The van der Waals surface area contributed by atoms with Crippen molar-refractivity contribution in [2.45, 2.75) is 38.8 Å². The third kappa shape index (κ3) is 3.93. The standard InChI is InChI=1S/C19H29N3O/c1-15-10-17(11-20)13-22(15)19(23)18-8-5-9-21(14-18)12-16-6-3-2-4-7-16/h2-4,6-7,15,17-18H,5,8-14,20H2,1H3. The lowest BCUT2D eigenvalue weighted by Crippen LogP contribution is -2.45. The highest BCUT2D eigenvalue weighted by Gasteiger charge is 2.36.